The van der Waals surface area contributed by atoms with Crippen LogP contribution < -0.4 is 16.4 Å². The Hall–Kier alpha value is -2.43. The standard InChI is InChI=1S/C23H14Cl5F3N4O2/c24-11-3-9(4-12(25)7-11)18-19(22(18,27)28)21(37)33-13-1-2-15(26)14(8-13)20(36)35-17-6-10(23(29,30)31)5-16(32)34-17/h1-8,18-19H,(H,33,37)(H3,32,34,35,36)/t18-,19+/m0/s1. The molecule has 194 valence electrons. The molecule has 37 heavy (non-hydrogen) atoms. The predicted octanol–water partition coefficient (Wildman–Crippen LogP) is 7.42. The summed E-state index contributed by atoms with van der Waals surface area (Å²) in [6, 6.07) is 9.99. The molecule has 0 unspecified atom stereocenters. The largest absolute Gasteiger partial charge is 0.416 e. The molecule has 0 saturated heterocycles. The van der Waals surface area contributed by atoms with Crippen LogP contribution in [0.15, 0.2) is 48.5 Å². The summed E-state index contributed by atoms with van der Waals surface area (Å²) in [6.07, 6.45) is -4.70. The van der Waals surface area contributed by atoms with E-state index in [4.69, 9.17) is 63.7 Å². The molecule has 1 heterocycles. The average Bonchev–Trinajstić information content (AvgIpc) is 3.35. The van der Waals surface area contributed by atoms with Gasteiger partial charge >= 0.3 is 6.18 Å². The van der Waals surface area contributed by atoms with E-state index in [1.54, 1.807) is 12.1 Å². The molecule has 14 heteroatoms. The fraction of sp³-hybridized carbons (Fsp3) is 0.174. The summed E-state index contributed by atoms with van der Waals surface area (Å²) in [6.45, 7) is 0. The zero-order valence-electron chi connectivity index (χ0n) is 18.1. The monoisotopic (exact) mass is 610 g/mol. The fourth-order valence-electron chi connectivity index (χ4n) is 3.78. The molecule has 1 aliphatic rings. The predicted molar refractivity (Wildman–Crippen MR) is 139 cm³/mol. The maximum Gasteiger partial charge on any atom is 0.416 e. The van der Waals surface area contributed by atoms with Crippen molar-refractivity contribution in [2.75, 3.05) is 16.4 Å². The summed E-state index contributed by atoms with van der Waals surface area (Å²) in [5.41, 5.74) is 4.94. The van der Waals surface area contributed by atoms with E-state index in [1.165, 1.54) is 24.3 Å². The number of hydrogen-bond donors (Lipinski definition) is 3. The van der Waals surface area contributed by atoms with Gasteiger partial charge in [-0.2, -0.15) is 13.2 Å². The van der Waals surface area contributed by atoms with Gasteiger partial charge in [0.05, 0.1) is 22.1 Å². The number of amides is 2. The maximum absolute atomic E-state index is 13.1. The number of nitrogens with one attached hydrogen (secondary N) is 2. The lowest BCUT2D eigenvalue weighted by Crippen LogP contribution is -2.19. The molecule has 0 spiro atoms. The van der Waals surface area contributed by atoms with E-state index in [-0.39, 0.29) is 16.3 Å². The van der Waals surface area contributed by atoms with E-state index in [9.17, 15) is 22.8 Å². The Morgan fingerprint density at radius 1 is 0.946 bits per heavy atom. The fourth-order valence-corrected chi connectivity index (χ4v) is 5.36. The third-order valence-electron chi connectivity index (χ3n) is 5.47. The normalized spacial score (nSPS) is 18.3. The van der Waals surface area contributed by atoms with Crippen molar-refractivity contribution in [1.82, 2.24) is 4.98 Å². The van der Waals surface area contributed by atoms with Crippen LogP contribution in [0.4, 0.5) is 30.5 Å². The number of anilines is 3. The van der Waals surface area contributed by atoms with E-state index in [2.05, 4.69) is 15.6 Å². The van der Waals surface area contributed by atoms with Crippen molar-refractivity contribution in [3.63, 3.8) is 0 Å². The highest BCUT2D eigenvalue weighted by molar-refractivity contribution is 6.53. The molecule has 4 rings (SSSR count). The molecular weight excluding hydrogens is 599 g/mol. The summed E-state index contributed by atoms with van der Waals surface area (Å²) in [5, 5.41) is 5.51. The second-order valence-corrected chi connectivity index (χ2v) is 10.9. The third-order valence-corrected chi connectivity index (χ3v) is 7.18. The minimum Gasteiger partial charge on any atom is -0.384 e. The van der Waals surface area contributed by atoms with Crippen molar-refractivity contribution < 1.29 is 22.8 Å². The highest BCUT2D eigenvalue weighted by atomic mass is 35.5. The molecule has 2 aromatic carbocycles. The van der Waals surface area contributed by atoms with Crippen molar-refractivity contribution in [3.8, 4) is 0 Å². The highest BCUT2D eigenvalue weighted by Gasteiger charge is 2.67. The van der Waals surface area contributed by atoms with Crippen LogP contribution in [0.1, 0.15) is 27.4 Å². The summed E-state index contributed by atoms with van der Waals surface area (Å²) < 4.78 is 37.7. The highest BCUT2D eigenvalue weighted by Crippen LogP contribution is 2.65. The van der Waals surface area contributed by atoms with Gasteiger partial charge in [-0.05, 0) is 54.1 Å². The number of pyridine rings is 1. The summed E-state index contributed by atoms with van der Waals surface area (Å²) in [5.74, 6) is -3.77. The molecule has 2 atom stereocenters. The van der Waals surface area contributed by atoms with Crippen molar-refractivity contribution in [2.45, 2.75) is 16.4 Å². The van der Waals surface area contributed by atoms with E-state index < -0.39 is 51.4 Å². The zero-order valence-corrected chi connectivity index (χ0v) is 21.9. The molecule has 1 aromatic heterocycles. The summed E-state index contributed by atoms with van der Waals surface area (Å²) >= 11 is 30.9. The Kier molecular flexibility index (Phi) is 7.49. The number of rotatable bonds is 5. The molecule has 3 aromatic rings. The van der Waals surface area contributed by atoms with Gasteiger partial charge < -0.3 is 16.4 Å². The first-order valence-electron chi connectivity index (χ1n) is 10.3. The summed E-state index contributed by atoms with van der Waals surface area (Å²) in [7, 11) is 0. The quantitative estimate of drug-likeness (QED) is 0.261. The maximum atomic E-state index is 13.1. The number of alkyl halides is 5. The van der Waals surface area contributed by atoms with Crippen LogP contribution in [0.5, 0.6) is 0 Å². The number of nitrogens with zero attached hydrogens (tertiary/aromatic N) is 1. The van der Waals surface area contributed by atoms with Crippen LogP contribution in [0.3, 0.4) is 0 Å². The number of carbonyl (C=O) groups is 2. The van der Waals surface area contributed by atoms with Crippen molar-refractivity contribution >= 4 is 87.1 Å². The first-order chi connectivity index (χ1) is 17.2. The van der Waals surface area contributed by atoms with Gasteiger partial charge in [0.25, 0.3) is 5.91 Å². The molecule has 1 saturated carbocycles. The van der Waals surface area contributed by atoms with Gasteiger partial charge in [0.1, 0.15) is 16.0 Å². The molecule has 0 radical (unpaired) electrons. The van der Waals surface area contributed by atoms with Gasteiger partial charge in [0.15, 0.2) is 0 Å². The summed E-state index contributed by atoms with van der Waals surface area (Å²) in [4.78, 5) is 29.4. The smallest absolute Gasteiger partial charge is 0.384 e. The van der Waals surface area contributed by atoms with Crippen LogP contribution >= 0.6 is 58.0 Å². The average molecular weight is 613 g/mol. The second-order valence-electron chi connectivity index (χ2n) is 8.13. The molecule has 0 bridgehead atoms. The minimum absolute atomic E-state index is 0.0302. The molecule has 1 fully saturated rings. The van der Waals surface area contributed by atoms with Crippen LogP contribution in [-0.4, -0.2) is 21.1 Å². The van der Waals surface area contributed by atoms with Gasteiger partial charge in [0.2, 0.25) is 5.91 Å². The van der Waals surface area contributed by atoms with Gasteiger partial charge in [-0.25, -0.2) is 4.98 Å². The SMILES string of the molecule is Nc1cc(C(F)(F)F)cc(NC(=O)c2cc(NC(=O)[C@H]3[C@H](c4cc(Cl)cc(Cl)c4)C3(Cl)Cl)ccc2Cl)n1. The van der Waals surface area contributed by atoms with Crippen LogP contribution in [0, 0.1) is 5.92 Å². The number of halogens is 8. The number of nitrogen functional groups attached to an aromatic ring is 1. The van der Waals surface area contributed by atoms with Crippen molar-refractivity contribution in [3.05, 3.63) is 80.3 Å². The number of aromatic nitrogens is 1. The Labute approximate surface area is 233 Å². The van der Waals surface area contributed by atoms with E-state index >= 15 is 0 Å². The van der Waals surface area contributed by atoms with Crippen molar-refractivity contribution in [2.24, 2.45) is 5.92 Å². The van der Waals surface area contributed by atoms with E-state index in [0.717, 1.165) is 0 Å². The molecule has 4 N–H and O–H groups in total. The first-order valence-corrected chi connectivity index (χ1v) is 12.2. The van der Waals surface area contributed by atoms with Gasteiger partial charge in [-0.3, -0.25) is 9.59 Å². The topological polar surface area (TPSA) is 97.1 Å². The van der Waals surface area contributed by atoms with Crippen molar-refractivity contribution in [1.29, 1.82) is 0 Å². The molecule has 2 amide bonds. The number of nitrogens with two attached hydrogens (primary N) is 1. The molecule has 1 aliphatic carbocycles. The molecular formula is C23H14Cl5F3N4O2. The number of carbonyl (C=O) groups excluding carboxylic acids is 2. The van der Waals surface area contributed by atoms with Crippen LogP contribution in [0.25, 0.3) is 0 Å². The number of benzene rings is 2. The minimum atomic E-state index is -4.70. The lowest BCUT2D eigenvalue weighted by atomic mass is 10.1. The lowest BCUT2D eigenvalue weighted by molar-refractivity contribution is -0.137. The van der Waals surface area contributed by atoms with E-state index in [1.807, 2.05) is 0 Å². The Morgan fingerprint density at radius 2 is 1.59 bits per heavy atom. The van der Waals surface area contributed by atoms with Gasteiger partial charge in [0, 0.05) is 21.7 Å². The van der Waals surface area contributed by atoms with Crippen LogP contribution in [-0.2, 0) is 11.0 Å². The Morgan fingerprint density at radius 3 is 2.22 bits per heavy atom. The first kappa shape index (κ1) is 27.6. The number of hydrogen-bond acceptors (Lipinski definition) is 4. The van der Waals surface area contributed by atoms with Gasteiger partial charge in [-0.1, -0.05) is 34.8 Å². The van der Waals surface area contributed by atoms with Gasteiger partial charge in [-0.15, -0.1) is 23.2 Å². The molecule has 0 aliphatic heterocycles. The Bertz CT molecular complexity index is 1400. The van der Waals surface area contributed by atoms with E-state index in [0.29, 0.717) is 27.7 Å². The third kappa shape index (κ3) is 6.02. The Balaban J connectivity index is 1.52. The molecule has 6 nitrogen and oxygen atoms in total. The lowest BCUT2D eigenvalue weighted by Gasteiger charge is -2.12. The second kappa shape index (κ2) is 10.0. The zero-order chi connectivity index (χ0) is 27.3. The van der Waals surface area contributed by atoms with Crippen LogP contribution in [0.2, 0.25) is 15.1 Å².